The average Bonchev–Trinajstić information content (AvgIpc) is 2.08. The Kier molecular flexibility index (Phi) is 3.00. The van der Waals surface area contributed by atoms with Crippen molar-refractivity contribution in [2.45, 2.75) is 37.4 Å². The van der Waals surface area contributed by atoms with Gasteiger partial charge in [0.05, 0.1) is 6.10 Å². The summed E-state index contributed by atoms with van der Waals surface area (Å²) < 4.78 is 17.0. The molecule has 0 aromatic rings. The highest BCUT2D eigenvalue weighted by Gasteiger charge is 2.41. The molecule has 0 bridgehead atoms. The maximum Gasteiger partial charge on any atom is 0.118 e. The molecule has 5 heteroatoms. The summed E-state index contributed by atoms with van der Waals surface area (Å²) in [7, 11) is 0. The highest BCUT2D eigenvalue weighted by atomic mass is 19.1. The molecule has 0 amide bonds. The van der Waals surface area contributed by atoms with Crippen LogP contribution in [0.2, 0.25) is 0 Å². The van der Waals surface area contributed by atoms with Crippen LogP contribution in [0.1, 0.15) is 6.92 Å². The number of aliphatic hydroxyl groups is 3. The smallest absolute Gasteiger partial charge is 0.118 e. The normalized spacial score (nSPS) is 49.2. The Morgan fingerprint density at radius 2 is 1.75 bits per heavy atom. The van der Waals surface area contributed by atoms with Gasteiger partial charge in [0.25, 0.3) is 0 Å². The Labute approximate surface area is 69.6 Å². The van der Waals surface area contributed by atoms with Crippen molar-refractivity contribution in [3.63, 3.8) is 0 Å². The molecule has 1 aliphatic heterocycles. The average molecular weight is 180 g/mol. The first-order valence-corrected chi connectivity index (χ1v) is 3.83. The van der Waals surface area contributed by atoms with Gasteiger partial charge in [0, 0.05) is 0 Å². The molecule has 0 aromatic carbocycles. The molecular formula is C7H13FO4. The van der Waals surface area contributed by atoms with E-state index in [1.165, 1.54) is 6.92 Å². The van der Waals surface area contributed by atoms with E-state index in [0.717, 1.165) is 0 Å². The van der Waals surface area contributed by atoms with Crippen LogP contribution < -0.4 is 0 Å². The Bertz CT molecular complexity index is 150. The van der Waals surface area contributed by atoms with Gasteiger partial charge in [-0.15, -0.1) is 0 Å². The minimum absolute atomic E-state index is 0.649. The molecule has 1 saturated heterocycles. The summed E-state index contributed by atoms with van der Waals surface area (Å²) in [5.74, 6) is 0. The zero-order valence-electron chi connectivity index (χ0n) is 6.72. The second-order valence-electron chi connectivity index (χ2n) is 3.01. The molecule has 5 unspecified atom stereocenters. The monoisotopic (exact) mass is 180 g/mol. The van der Waals surface area contributed by atoms with Gasteiger partial charge in [0.15, 0.2) is 0 Å². The Balaban J connectivity index is 2.63. The van der Waals surface area contributed by atoms with Crippen molar-refractivity contribution >= 4 is 0 Å². The topological polar surface area (TPSA) is 69.9 Å². The summed E-state index contributed by atoms with van der Waals surface area (Å²) in [4.78, 5) is 0. The molecule has 0 aliphatic carbocycles. The molecule has 1 aliphatic rings. The maximum absolute atomic E-state index is 12.1. The lowest BCUT2D eigenvalue weighted by Crippen LogP contribution is -2.57. The van der Waals surface area contributed by atoms with E-state index in [4.69, 9.17) is 9.84 Å². The third kappa shape index (κ3) is 1.59. The maximum atomic E-state index is 12.1. The molecule has 5 atom stereocenters. The largest absolute Gasteiger partial charge is 0.388 e. The van der Waals surface area contributed by atoms with Gasteiger partial charge >= 0.3 is 0 Å². The molecule has 0 spiro atoms. The third-order valence-corrected chi connectivity index (χ3v) is 2.10. The summed E-state index contributed by atoms with van der Waals surface area (Å²) in [6.45, 7) is 0.651. The lowest BCUT2D eigenvalue weighted by Gasteiger charge is -2.38. The molecule has 4 nitrogen and oxygen atoms in total. The van der Waals surface area contributed by atoms with Crippen molar-refractivity contribution in [2.75, 3.05) is 6.67 Å². The number of alkyl halides is 1. The quantitative estimate of drug-likeness (QED) is 0.475. The van der Waals surface area contributed by atoms with Crippen LogP contribution in [0.25, 0.3) is 0 Å². The molecule has 1 heterocycles. The number of hydrogen-bond acceptors (Lipinski definition) is 4. The van der Waals surface area contributed by atoms with Crippen LogP contribution in [0.5, 0.6) is 0 Å². The van der Waals surface area contributed by atoms with Gasteiger partial charge in [-0.2, -0.15) is 0 Å². The van der Waals surface area contributed by atoms with Crippen LogP contribution in [-0.2, 0) is 4.74 Å². The third-order valence-electron chi connectivity index (χ3n) is 2.10. The number of ether oxygens (including phenoxy) is 1. The van der Waals surface area contributed by atoms with Crippen LogP contribution >= 0.6 is 0 Å². The predicted octanol–water partition coefficient (Wildman–Crippen LogP) is -1.17. The first kappa shape index (κ1) is 9.85. The lowest BCUT2D eigenvalue weighted by molar-refractivity contribution is -0.219. The molecule has 0 radical (unpaired) electrons. The number of aliphatic hydroxyl groups excluding tert-OH is 3. The Hall–Kier alpha value is -0.230. The van der Waals surface area contributed by atoms with Gasteiger partial charge in [0.1, 0.15) is 31.1 Å². The number of halogens is 1. The summed E-state index contributed by atoms with van der Waals surface area (Å²) in [6, 6.07) is 0. The van der Waals surface area contributed by atoms with Crippen molar-refractivity contribution in [1.29, 1.82) is 0 Å². The highest BCUT2D eigenvalue weighted by Crippen LogP contribution is 2.20. The van der Waals surface area contributed by atoms with Crippen molar-refractivity contribution in [3.05, 3.63) is 0 Å². The predicted molar refractivity (Wildman–Crippen MR) is 38.3 cm³/mol. The molecular weight excluding hydrogens is 167 g/mol. The SMILES string of the molecule is CC1OC(CF)C(O)C(O)C1O. The van der Waals surface area contributed by atoms with Gasteiger partial charge in [-0.05, 0) is 6.92 Å². The van der Waals surface area contributed by atoms with Gasteiger partial charge in [0.2, 0.25) is 0 Å². The number of hydrogen-bond donors (Lipinski definition) is 3. The minimum atomic E-state index is -1.35. The molecule has 72 valence electrons. The van der Waals surface area contributed by atoms with Crippen molar-refractivity contribution < 1.29 is 24.4 Å². The van der Waals surface area contributed by atoms with Gasteiger partial charge in [-0.1, -0.05) is 0 Å². The van der Waals surface area contributed by atoms with Crippen LogP contribution in [0, 0.1) is 0 Å². The van der Waals surface area contributed by atoms with E-state index in [1.54, 1.807) is 0 Å². The fraction of sp³-hybridized carbons (Fsp3) is 1.00. The summed E-state index contributed by atoms with van der Waals surface area (Å²) in [6.07, 6.45) is -5.50. The molecule has 12 heavy (non-hydrogen) atoms. The Morgan fingerprint density at radius 3 is 2.25 bits per heavy atom. The van der Waals surface area contributed by atoms with E-state index in [1.807, 2.05) is 0 Å². The van der Waals surface area contributed by atoms with E-state index in [9.17, 15) is 14.6 Å². The van der Waals surface area contributed by atoms with E-state index < -0.39 is 37.2 Å². The van der Waals surface area contributed by atoms with Crippen molar-refractivity contribution in [3.8, 4) is 0 Å². The van der Waals surface area contributed by atoms with Gasteiger partial charge in [-0.3, -0.25) is 0 Å². The van der Waals surface area contributed by atoms with Crippen LogP contribution in [-0.4, -0.2) is 52.5 Å². The molecule has 0 aromatic heterocycles. The van der Waals surface area contributed by atoms with Crippen LogP contribution in [0.15, 0.2) is 0 Å². The lowest BCUT2D eigenvalue weighted by atomic mass is 9.96. The van der Waals surface area contributed by atoms with Crippen LogP contribution in [0.4, 0.5) is 4.39 Å². The second kappa shape index (κ2) is 3.66. The molecule has 1 rings (SSSR count). The zero-order valence-corrected chi connectivity index (χ0v) is 6.72. The fourth-order valence-corrected chi connectivity index (χ4v) is 1.26. The Morgan fingerprint density at radius 1 is 1.17 bits per heavy atom. The van der Waals surface area contributed by atoms with Crippen molar-refractivity contribution in [1.82, 2.24) is 0 Å². The standard InChI is InChI=1S/C7H13FO4/c1-3-5(9)7(11)6(10)4(2-8)12-3/h3-7,9-11H,2H2,1H3. The molecule has 0 saturated carbocycles. The van der Waals surface area contributed by atoms with E-state index >= 15 is 0 Å². The highest BCUT2D eigenvalue weighted by molar-refractivity contribution is 4.90. The van der Waals surface area contributed by atoms with Crippen LogP contribution in [0.3, 0.4) is 0 Å². The van der Waals surface area contributed by atoms with E-state index in [0.29, 0.717) is 0 Å². The minimum Gasteiger partial charge on any atom is -0.388 e. The first-order chi connectivity index (χ1) is 5.57. The van der Waals surface area contributed by atoms with Gasteiger partial charge in [-0.25, -0.2) is 4.39 Å². The zero-order chi connectivity index (χ0) is 9.30. The summed E-state index contributed by atoms with van der Waals surface area (Å²) in [5, 5.41) is 27.5. The first-order valence-electron chi connectivity index (χ1n) is 3.83. The fourth-order valence-electron chi connectivity index (χ4n) is 1.26. The van der Waals surface area contributed by atoms with E-state index in [2.05, 4.69) is 0 Å². The van der Waals surface area contributed by atoms with E-state index in [-0.39, 0.29) is 0 Å². The molecule has 1 fully saturated rings. The number of rotatable bonds is 1. The summed E-state index contributed by atoms with van der Waals surface area (Å²) in [5.41, 5.74) is 0. The second-order valence-corrected chi connectivity index (χ2v) is 3.01. The summed E-state index contributed by atoms with van der Waals surface area (Å²) >= 11 is 0. The van der Waals surface area contributed by atoms with Crippen molar-refractivity contribution in [2.24, 2.45) is 0 Å². The molecule has 3 N–H and O–H groups in total. The van der Waals surface area contributed by atoms with Gasteiger partial charge < -0.3 is 20.1 Å².